The third-order valence-electron chi connectivity index (χ3n) is 3.97. The Bertz CT molecular complexity index is 630. The minimum atomic E-state index is -0.285. The second-order valence-corrected chi connectivity index (χ2v) is 5.29. The first-order chi connectivity index (χ1) is 9.78. The largest absolute Gasteiger partial charge is 0.465 e. The molecule has 0 spiro atoms. The van der Waals surface area contributed by atoms with Gasteiger partial charge in [0.2, 0.25) is 0 Å². The number of carbonyl (C=O) groups excluding carboxylic acids is 1. The van der Waals surface area contributed by atoms with E-state index in [2.05, 4.69) is 23.1 Å². The molecule has 0 radical (unpaired) electrons. The topological polar surface area (TPSA) is 29.5 Å². The van der Waals surface area contributed by atoms with Crippen molar-refractivity contribution in [2.75, 3.05) is 25.1 Å². The van der Waals surface area contributed by atoms with Crippen molar-refractivity contribution < 1.29 is 9.53 Å². The first-order valence-electron chi connectivity index (χ1n) is 7.15. The van der Waals surface area contributed by atoms with Gasteiger partial charge in [-0.05, 0) is 54.3 Å². The minimum Gasteiger partial charge on any atom is -0.465 e. The summed E-state index contributed by atoms with van der Waals surface area (Å²) in [5, 5.41) is 2.24. The van der Waals surface area contributed by atoms with E-state index in [1.807, 2.05) is 18.2 Å². The lowest BCUT2D eigenvalue weighted by Gasteiger charge is -2.29. The van der Waals surface area contributed by atoms with Gasteiger partial charge in [-0.25, -0.2) is 4.79 Å². The first-order valence-corrected chi connectivity index (χ1v) is 7.15. The predicted octanol–water partition coefficient (Wildman–Crippen LogP) is 3.62. The zero-order valence-corrected chi connectivity index (χ0v) is 11.8. The number of ether oxygens (including phenoxy) is 1. The maximum atomic E-state index is 11.5. The lowest BCUT2D eigenvalue weighted by molar-refractivity contribution is 0.0601. The van der Waals surface area contributed by atoms with E-state index >= 15 is 0 Å². The Morgan fingerprint density at radius 2 is 1.70 bits per heavy atom. The van der Waals surface area contributed by atoms with E-state index in [9.17, 15) is 4.79 Å². The van der Waals surface area contributed by atoms with Crippen LogP contribution in [0.4, 0.5) is 5.69 Å². The number of rotatable bonds is 2. The number of carbonyl (C=O) groups is 1. The van der Waals surface area contributed by atoms with Crippen LogP contribution in [0.25, 0.3) is 10.8 Å². The van der Waals surface area contributed by atoms with Crippen molar-refractivity contribution in [1.29, 1.82) is 0 Å². The van der Waals surface area contributed by atoms with Gasteiger partial charge in [0.1, 0.15) is 0 Å². The van der Waals surface area contributed by atoms with Crippen LogP contribution in [0.5, 0.6) is 0 Å². The first kappa shape index (κ1) is 13.0. The summed E-state index contributed by atoms with van der Waals surface area (Å²) in [4.78, 5) is 14.0. The maximum Gasteiger partial charge on any atom is 0.337 e. The van der Waals surface area contributed by atoms with Gasteiger partial charge in [-0.2, -0.15) is 0 Å². The molecule has 0 amide bonds. The van der Waals surface area contributed by atoms with Gasteiger partial charge in [0, 0.05) is 18.8 Å². The molecule has 0 unspecified atom stereocenters. The van der Waals surface area contributed by atoms with Gasteiger partial charge in [-0.3, -0.25) is 0 Å². The van der Waals surface area contributed by atoms with Crippen molar-refractivity contribution in [2.45, 2.75) is 19.3 Å². The van der Waals surface area contributed by atoms with Crippen molar-refractivity contribution in [1.82, 2.24) is 0 Å². The normalized spacial score (nSPS) is 15.3. The SMILES string of the molecule is COC(=O)c1ccc2cc(N3CCCCC3)ccc2c1. The maximum absolute atomic E-state index is 11.5. The molecule has 3 rings (SSSR count). The molecular formula is C17H19NO2. The molecule has 1 fully saturated rings. The summed E-state index contributed by atoms with van der Waals surface area (Å²) in [6.07, 6.45) is 3.89. The Hall–Kier alpha value is -2.03. The van der Waals surface area contributed by atoms with E-state index in [1.165, 1.54) is 37.4 Å². The van der Waals surface area contributed by atoms with E-state index in [1.54, 1.807) is 0 Å². The molecule has 0 aromatic heterocycles. The van der Waals surface area contributed by atoms with Crippen molar-refractivity contribution in [2.24, 2.45) is 0 Å². The number of methoxy groups -OCH3 is 1. The Kier molecular flexibility index (Phi) is 3.59. The summed E-state index contributed by atoms with van der Waals surface area (Å²) in [6.45, 7) is 2.29. The number of hydrogen-bond donors (Lipinski definition) is 0. The predicted molar refractivity (Wildman–Crippen MR) is 81.4 cm³/mol. The summed E-state index contributed by atoms with van der Waals surface area (Å²) in [5.41, 5.74) is 1.88. The van der Waals surface area contributed by atoms with Gasteiger partial charge in [0.15, 0.2) is 0 Å². The summed E-state index contributed by atoms with van der Waals surface area (Å²) in [7, 11) is 1.41. The third kappa shape index (κ3) is 2.48. The number of nitrogens with zero attached hydrogens (tertiary/aromatic N) is 1. The molecule has 2 aromatic carbocycles. The van der Waals surface area contributed by atoms with Crippen molar-refractivity contribution in [3.63, 3.8) is 0 Å². The minimum absolute atomic E-state index is 0.285. The molecule has 0 bridgehead atoms. The summed E-state index contributed by atoms with van der Waals surface area (Å²) < 4.78 is 4.76. The average Bonchev–Trinajstić information content (AvgIpc) is 2.54. The molecule has 0 aliphatic carbocycles. The summed E-state index contributed by atoms with van der Waals surface area (Å²) >= 11 is 0. The van der Waals surface area contributed by atoms with Crippen LogP contribution in [-0.2, 0) is 4.74 Å². The number of anilines is 1. The fourth-order valence-corrected chi connectivity index (χ4v) is 2.83. The second kappa shape index (κ2) is 5.53. The second-order valence-electron chi connectivity index (χ2n) is 5.29. The molecular weight excluding hydrogens is 250 g/mol. The third-order valence-corrected chi connectivity index (χ3v) is 3.97. The zero-order chi connectivity index (χ0) is 13.9. The Labute approximate surface area is 119 Å². The lowest BCUT2D eigenvalue weighted by atomic mass is 10.0. The highest BCUT2D eigenvalue weighted by Gasteiger charge is 2.12. The van der Waals surface area contributed by atoms with Gasteiger partial charge in [-0.15, -0.1) is 0 Å². The lowest BCUT2D eigenvalue weighted by Crippen LogP contribution is -2.29. The fraction of sp³-hybridized carbons (Fsp3) is 0.353. The highest BCUT2D eigenvalue weighted by Crippen LogP contribution is 2.25. The van der Waals surface area contributed by atoms with Crippen LogP contribution in [0.3, 0.4) is 0 Å². The van der Waals surface area contributed by atoms with Crippen LogP contribution >= 0.6 is 0 Å². The van der Waals surface area contributed by atoms with Crippen LogP contribution in [0.2, 0.25) is 0 Å². The molecule has 1 heterocycles. The van der Waals surface area contributed by atoms with Gasteiger partial charge in [-0.1, -0.05) is 12.1 Å². The molecule has 2 aromatic rings. The smallest absolute Gasteiger partial charge is 0.337 e. The molecule has 3 nitrogen and oxygen atoms in total. The van der Waals surface area contributed by atoms with Gasteiger partial charge in [0.05, 0.1) is 12.7 Å². The molecule has 1 saturated heterocycles. The highest BCUT2D eigenvalue weighted by atomic mass is 16.5. The Morgan fingerprint density at radius 1 is 1.00 bits per heavy atom. The van der Waals surface area contributed by atoms with Crippen LogP contribution in [-0.4, -0.2) is 26.2 Å². The van der Waals surface area contributed by atoms with Crippen molar-refractivity contribution in [3.8, 4) is 0 Å². The van der Waals surface area contributed by atoms with Crippen LogP contribution in [0.1, 0.15) is 29.6 Å². The van der Waals surface area contributed by atoms with E-state index < -0.39 is 0 Å². The summed E-state index contributed by atoms with van der Waals surface area (Å²) in [6, 6.07) is 12.2. The quantitative estimate of drug-likeness (QED) is 0.780. The fourth-order valence-electron chi connectivity index (χ4n) is 2.83. The van der Waals surface area contributed by atoms with Crippen molar-refractivity contribution >= 4 is 22.4 Å². The number of piperidine rings is 1. The molecule has 20 heavy (non-hydrogen) atoms. The Balaban J connectivity index is 1.93. The van der Waals surface area contributed by atoms with Crippen LogP contribution in [0, 0.1) is 0 Å². The average molecular weight is 269 g/mol. The van der Waals surface area contributed by atoms with Gasteiger partial charge >= 0.3 is 5.97 Å². The molecule has 1 aliphatic rings. The zero-order valence-electron chi connectivity index (χ0n) is 11.8. The van der Waals surface area contributed by atoms with E-state index in [0.29, 0.717) is 5.56 Å². The van der Waals surface area contributed by atoms with Crippen molar-refractivity contribution in [3.05, 3.63) is 42.0 Å². The van der Waals surface area contributed by atoms with Crippen LogP contribution < -0.4 is 4.90 Å². The highest BCUT2D eigenvalue weighted by molar-refractivity contribution is 5.96. The number of esters is 1. The van der Waals surface area contributed by atoms with E-state index in [-0.39, 0.29) is 5.97 Å². The molecule has 0 N–H and O–H groups in total. The number of fused-ring (bicyclic) bond motifs is 1. The standard InChI is InChI=1S/C17H19NO2/c1-20-17(19)15-6-5-14-12-16(8-7-13(14)11-15)18-9-3-2-4-10-18/h5-8,11-12H,2-4,9-10H2,1H3. The van der Waals surface area contributed by atoms with E-state index in [0.717, 1.165) is 18.5 Å². The number of benzene rings is 2. The van der Waals surface area contributed by atoms with Gasteiger partial charge < -0.3 is 9.64 Å². The monoisotopic (exact) mass is 269 g/mol. The molecule has 3 heteroatoms. The van der Waals surface area contributed by atoms with E-state index in [4.69, 9.17) is 4.74 Å². The Morgan fingerprint density at radius 3 is 2.45 bits per heavy atom. The molecule has 0 saturated carbocycles. The molecule has 1 aliphatic heterocycles. The van der Waals surface area contributed by atoms with Crippen LogP contribution in [0.15, 0.2) is 36.4 Å². The molecule has 104 valence electrons. The summed E-state index contributed by atoms with van der Waals surface area (Å²) in [5.74, 6) is -0.285. The van der Waals surface area contributed by atoms with Gasteiger partial charge in [0.25, 0.3) is 0 Å². The number of hydrogen-bond acceptors (Lipinski definition) is 3. The molecule has 0 atom stereocenters.